The molecule has 1 N–H and O–H groups in total. The van der Waals surface area contributed by atoms with Gasteiger partial charge in [-0.25, -0.2) is 14.8 Å². The van der Waals surface area contributed by atoms with Crippen LogP contribution in [0.4, 0.5) is 4.79 Å². The van der Waals surface area contributed by atoms with Crippen LogP contribution in [0.3, 0.4) is 0 Å². The van der Waals surface area contributed by atoms with Gasteiger partial charge in [0.1, 0.15) is 6.10 Å². The number of urea groups is 1. The fourth-order valence-corrected chi connectivity index (χ4v) is 3.31. The van der Waals surface area contributed by atoms with Gasteiger partial charge in [0, 0.05) is 38.3 Å². The van der Waals surface area contributed by atoms with Gasteiger partial charge in [-0.1, -0.05) is 0 Å². The first-order chi connectivity index (χ1) is 11.2. The molecule has 6 nitrogen and oxygen atoms in total. The Balaban J connectivity index is 1.46. The van der Waals surface area contributed by atoms with E-state index in [2.05, 4.69) is 20.7 Å². The lowest BCUT2D eigenvalue weighted by Crippen LogP contribution is -2.47. The van der Waals surface area contributed by atoms with Gasteiger partial charge in [-0.2, -0.15) is 11.3 Å². The van der Waals surface area contributed by atoms with E-state index < -0.39 is 0 Å². The highest BCUT2D eigenvalue weighted by molar-refractivity contribution is 7.07. The van der Waals surface area contributed by atoms with Crippen LogP contribution in [0.1, 0.15) is 31.4 Å². The van der Waals surface area contributed by atoms with Crippen molar-refractivity contribution in [3.05, 3.63) is 40.8 Å². The van der Waals surface area contributed by atoms with Crippen LogP contribution >= 0.6 is 11.3 Å². The topological polar surface area (TPSA) is 67.4 Å². The van der Waals surface area contributed by atoms with Gasteiger partial charge < -0.3 is 15.0 Å². The number of ether oxygens (including phenoxy) is 1. The minimum absolute atomic E-state index is 0.0156. The average Bonchev–Trinajstić information content (AvgIpc) is 3.11. The SMILES string of the molecule is CC(NC(=O)N1CCC(Oc2ncccn2)CC1)c1ccsc1. The van der Waals surface area contributed by atoms with E-state index in [0.717, 1.165) is 18.4 Å². The highest BCUT2D eigenvalue weighted by Crippen LogP contribution is 2.18. The molecule has 1 aliphatic heterocycles. The maximum atomic E-state index is 12.3. The Kier molecular flexibility index (Phi) is 5.07. The second-order valence-corrected chi connectivity index (χ2v) is 6.34. The lowest BCUT2D eigenvalue weighted by Gasteiger charge is -2.32. The van der Waals surface area contributed by atoms with Crippen molar-refractivity contribution in [1.82, 2.24) is 20.2 Å². The Morgan fingerprint density at radius 2 is 2.13 bits per heavy atom. The number of hydrogen-bond donors (Lipinski definition) is 1. The number of hydrogen-bond acceptors (Lipinski definition) is 5. The molecule has 1 unspecified atom stereocenters. The van der Waals surface area contributed by atoms with Crippen molar-refractivity contribution in [3.63, 3.8) is 0 Å². The molecule has 0 aromatic carbocycles. The number of aromatic nitrogens is 2. The average molecular weight is 332 g/mol. The van der Waals surface area contributed by atoms with Crippen LogP contribution < -0.4 is 10.1 Å². The molecule has 1 fully saturated rings. The van der Waals surface area contributed by atoms with Gasteiger partial charge in [-0.05, 0) is 35.4 Å². The molecule has 23 heavy (non-hydrogen) atoms. The number of piperidine rings is 1. The highest BCUT2D eigenvalue weighted by atomic mass is 32.1. The van der Waals surface area contributed by atoms with Gasteiger partial charge in [0.2, 0.25) is 0 Å². The molecule has 1 atom stereocenters. The molecule has 1 saturated heterocycles. The van der Waals surface area contributed by atoms with Crippen LogP contribution in [-0.2, 0) is 0 Å². The minimum Gasteiger partial charge on any atom is -0.460 e. The van der Waals surface area contributed by atoms with E-state index in [-0.39, 0.29) is 18.2 Å². The molecule has 7 heteroatoms. The molecule has 0 saturated carbocycles. The Morgan fingerprint density at radius 3 is 2.78 bits per heavy atom. The van der Waals surface area contributed by atoms with E-state index in [4.69, 9.17) is 4.74 Å². The molecule has 2 aromatic heterocycles. The molecule has 2 amide bonds. The smallest absolute Gasteiger partial charge is 0.317 e. The van der Waals surface area contributed by atoms with E-state index in [1.807, 2.05) is 23.3 Å². The summed E-state index contributed by atoms with van der Waals surface area (Å²) in [6.45, 7) is 3.36. The summed E-state index contributed by atoms with van der Waals surface area (Å²) in [5, 5.41) is 7.13. The second kappa shape index (κ2) is 7.41. The second-order valence-electron chi connectivity index (χ2n) is 5.56. The number of amides is 2. The first-order valence-electron chi connectivity index (χ1n) is 7.73. The van der Waals surface area contributed by atoms with Gasteiger partial charge in [0.25, 0.3) is 0 Å². The minimum atomic E-state index is -0.0156. The third-order valence-electron chi connectivity index (χ3n) is 3.93. The van der Waals surface area contributed by atoms with E-state index >= 15 is 0 Å². The lowest BCUT2D eigenvalue weighted by atomic mass is 10.1. The summed E-state index contributed by atoms with van der Waals surface area (Å²) < 4.78 is 5.74. The van der Waals surface area contributed by atoms with Crippen molar-refractivity contribution in [3.8, 4) is 6.01 Å². The molecule has 0 spiro atoms. The van der Waals surface area contributed by atoms with Gasteiger partial charge in [0.15, 0.2) is 0 Å². The van der Waals surface area contributed by atoms with E-state index in [1.54, 1.807) is 29.8 Å². The van der Waals surface area contributed by atoms with Crippen molar-refractivity contribution >= 4 is 17.4 Å². The number of nitrogens with zero attached hydrogens (tertiary/aromatic N) is 3. The van der Waals surface area contributed by atoms with E-state index in [1.165, 1.54) is 0 Å². The summed E-state index contributed by atoms with van der Waals surface area (Å²) in [6.07, 6.45) is 4.97. The molecular formula is C16H20N4O2S. The molecule has 2 aromatic rings. The normalized spacial score (nSPS) is 16.8. The maximum Gasteiger partial charge on any atom is 0.317 e. The Labute approximate surface area is 139 Å². The van der Waals surface area contributed by atoms with Gasteiger partial charge >= 0.3 is 12.0 Å². The summed E-state index contributed by atoms with van der Waals surface area (Å²) in [6, 6.07) is 4.21. The predicted octanol–water partition coefficient (Wildman–Crippen LogP) is 2.85. The first-order valence-corrected chi connectivity index (χ1v) is 8.68. The summed E-state index contributed by atoms with van der Waals surface area (Å²) in [4.78, 5) is 22.3. The molecule has 3 heterocycles. The number of nitrogens with one attached hydrogen (secondary N) is 1. The number of carbonyl (C=O) groups excluding carboxylic acids is 1. The summed E-state index contributed by atoms with van der Waals surface area (Å²) in [5.74, 6) is 0. The van der Waals surface area contributed by atoms with Crippen molar-refractivity contribution in [2.75, 3.05) is 13.1 Å². The zero-order valence-electron chi connectivity index (χ0n) is 13.0. The van der Waals surface area contributed by atoms with Crippen molar-refractivity contribution in [2.45, 2.75) is 31.9 Å². The highest BCUT2D eigenvalue weighted by Gasteiger charge is 2.25. The zero-order valence-corrected chi connectivity index (χ0v) is 13.8. The standard InChI is InChI=1S/C16H20N4O2S/c1-12(13-5-10-23-11-13)19-16(21)20-8-3-14(4-9-20)22-15-17-6-2-7-18-15/h2,5-7,10-12,14H,3-4,8-9H2,1H3,(H,19,21). The van der Waals surface area contributed by atoms with Crippen molar-refractivity contribution in [1.29, 1.82) is 0 Å². The maximum absolute atomic E-state index is 12.3. The Hall–Kier alpha value is -2.15. The largest absolute Gasteiger partial charge is 0.460 e. The van der Waals surface area contributed by atoms with Gasteiger partial charge in [-0.3, -0.25) is 0 Å². The number of likely N-dealkylation sites (tertiary alicyclic amines) is 1. The van der Waals surface area contributed by atoms with Crippen LogP contribution in [0, 0.1) is 0 Å². The summed E-state index contributed by atoms with van der Waals surface area (Å²) >= 11 is 1.64. The van der Waals surface area contributed by atoms with Gasteiger partial charge in [-0.15, -0.1) is 0 Å². The molecule has 3 rings (SSSR count). The molecule has 0 bridgehead atoms. The monoisotopic (exact) mass is 332 g/mol. The van der Waals surface area contributed by atoms with Crippen LogP contribution in [0.15, 0.2) is 35.3 Å². The third kappa shape index (κ3) is 4.19. The zero-order chi connectivity index (χ0) is 16.1. The fourth-order valence-electron chi connectivity index (χ4n) is 2.55. The van der Waals surface area contributed by atoms with Crippen LogP contribution in [0.2, 0.25) is 0 Å². The van der Waals surface area contributed by atoms with Crippen LogP contribution in [0.25, 0.3) is 0 Å². The van der Waals surface area contributed by atoms with Crippen molar-refractivity contribution < 1.29 is 9.53 Å². The predicted molar refractivity (Wildman–Crippen MR) is 88.5 cm³/mol. The lowest BCUT2D eigenvalue weighted by molar-refractivity contribution is 0.102. The molecule has 0 radical (unpaired) electrons. The summed E-state index contributed by atoms with van der Waals surface area (Å²) in [5.41, 5.74) is 1.14. The van der Waals surface area contributed by atoms with E-state index in [0.29, 0.717) is 19.1 Å². The Bertz CT molecular complexity index is 612. The van der Waals surface area contributed by atoms with Crippen LogP contribution in [-0.4, -0.2) is 40.1 Å². The first kappa shape index (κ1) is 15.7. The number of rotatable bonds is 4. The van der Waals surface area contributed by atoms with Gasteiger partial charge in [0.05, 0.1) is 6.04 Å². The number of carbonyl (C=O) groups is 1. The molecule has 1 aliphatic rings. The fraction of sp³-hybridized carbons (Fsp3) is 0.438. The molecule has 0 aliphatic carbocycles. The quantitative estimate of drug-likeness (QED) is 0.935. The number of thiophene rings is 1. The van der Waals surface area contributed by atoms with Crippen LogP contribution in [0.5, 0.6) is 6.01 Å². The summed E-state index contributed by atoms with van der Waals surface area (Å²) in [7, 11) is 0. The molecule has 122 valence electrons. The van der Waals surface area contributed by atoms with E-state index in [9.17, 15) is 4.79 Å². The Morgan fingerprint density at radius 1 is 1.39 bits per heavy atom. The third-order valence-corrected chi connectivity index (χ3v) is 4.63. The van der Waals surface area contributed by atoms with Crippen molar-refractivity contribution in [2.24, 2.45) is 0 Å². The molecular weight excluding hydrogens is 312 g/mol.